The molecule has 2 unspecified atom stereocenters. The van der Waals surface area contributed by atoms with Gasteiger partial charge < -0.3 is 14.9 Å². The molecule has 0 spiro atoms. The topological polar surface area (TPSA) is 110 Å². The fraction of sp³-hybridized carbons (Fsp3) is 1.00. The molecule has 0 fully saturated rings. The minimum atomic E-state index is -3.24. The van der Waals surface area contributed by atoms with Gasteiger partial charge in [0.25, 0.3) is 0 Å². The molecule has 0 aromatic rings. The Hall–Kier alpha value is 0.839. The van der Waals surface area contributed by atoms with E-state index < -0.39 is 16.5 Å². The van der Waals surface area contributed by atoms with Gasteiger partial charge in [-0.05, 0) is 9.13 Å². The average Bonchev–Trinajstić information content (AvgIpc) is 2.31. The maximum atomic E-state index is 9.24. The van der Waals surface area contributed by atoms with E-state index in [2.05, 4.69) is 18.2 Å². The summed E-state index contributed by atoms with van der Waals surface area (Å²) in [5.74, 6) is 0. The second kappa shape index (κ2) is 23.0. The molecule has 0 amide bonds. The molecule has 1 N–H and O–H groups in total. The van der Waals surface area contributed by atoms with Crippen LogP contribution in [-0.2, 0) is 13.4 Å². The summed E-state index contributed by atoms with van der Waals surface area (Å²) in [4.78, 5) is 18.5. The van der Waals surface area contributed by atoms with Gasteiger partial charge in [0.15, 0.2) is 0 Å². The fourth-order valence-electron chi connectivity index (χ4n) is 0.783. The van der Waals surface area contributed by atoms with E-state index in [1.165, 1.54) is 25.7 Å². The molecule has 0 bridgehead atoms. The van der Waals surface area contributed by atoms with Gasteiger partial charge in [-0.3, -0.25) is 0 Å². The van der Waals surface area contributed by atoms with Crippen LogP contribution in [0.25, 0.3) is 0 Å². The normalized spacial score (nSPS) is 10.1. The number of hydrogen-bond donors (Lipinski definition) is 1. The standard InChI is InChI=1S/2C4H9.CH4O.O5P2.Sn/c2*1-3-4-2;1-2;1-6(2)5-7(3)4;/h2*1,3-4H2,2H3;2H,1H3;;/q;;;;+2. The van der Waals surface area contributed by atoms with Crippen LogP contribution in [0, 0.1) is 0 Å². The molecule has 0 rings (SSSR count). The van der Waals surface area contributed by atoms with Gasteiger partial charge in [-0.1, -0.05) is 0 Å². The molecule has 106 valence electrons. The number of unbranched alkanes of at least 4 members (excludes halogenated alkanes) is 2. The predicted octanol–water partition coefficient (Wildman–Crippen LogP) is 1.77. The molecule has 6 nitrogen and oxygen atoms in total. The van der Waals surface area contributed by atoms with E-state index >= 15 is 0 Å². The maximum Gasteiger partial charge on any atom is 0.543 e. The minimum Gasteiger partial charge on any atom is -0.563 e. The molecule has 0 aliphatic heterocycles. The summed E-state index contributed by atoms with van der Waals surface area (Å²) in [6.45, 7) is 4.58. The van der Waals surface area contributed by atoms with Crippen molar-refractivity contribution in [2.24, 2.45) is 0 Å². The van der Waals surface area contributed by atoms with E-state index in [1.807, 2.05) is 0 Å². The Kier molecular flexibility index (Phi) is 30.5. The summed E-state index contributed by atoms with van der Waals surface area (Å²) in [6.07, 6.45) is 5.84. The Bertz CT molecular complexity index is 176. The molecule has 0 heterocycles. The van der Waals surface area contributed by atoms with Crippen molar-refractivity contribution in [2.75, 3.05) is 7.11 Å². The van der Waals surface area contributed by atoms with Crippen molar-refractivity contribution in [3.05, 3.63) is 0 Å². The van der Waals surface area contributed by atoms with Crippen LogP contribution >= 0.6 is 16.5 Å². The van der Waals surface area contributed by atoms with Crippen molar-refractivity contribution >= 4 is 37.7 Å². The van der Waals surface area contributed by atoms with Crippen LogP contribution in [-0.4, -0.2) is 33.4 Å². The van der Waals surface area contributed by atoms with Crippen LogP contribution in [0.1, 0.15) is 39.5 Å². The summed E-state index contributed by atoms with van der Waals surface area (Å²) in [6, 6.07) is 0. The van der Waals surface area contributed by atoms with E-state index in [0.29, 0.717) is 0 Å². The molecular formula is C9H22O6P2Sn+2. The van der Waals surface area contributed by atoms with E-state index in [1.54, 1.807) is 8.87 Å². The molecule has 0 aliphatic rings. The summed E-state index contributed by atoms with van der Waals surface area (Å²) in [5.41, 5.74) is 0. The molecule has 9 heteroatoms. The van der Waals surface area contributed by atoms with Crippen molar-refractivity contribution in [1.82, 2.24) is 0 Å². The molecule has 0 aromatic heterocycles. The SMILES string of the molecule is CCC[CH2][Sn+2][CH2]CCC.CO.O=[P+]([O-])O[P+](=O)[O-]. The number of aliphatic hydroxyl groups excluding tert-OH is 1. The molecule has 0 radical (unpaired) electrons. The second-order valence-electron chi connectivity index (χ2n) is 2.99. The number of hydrogen-bond acceptors (Lipinski definition) is 6. The number of aliphatic hydroxyl groups is 1. The first-order chi connectivity index (χ1) is 8.54. The third-order valence-corrected chi connectivity index (χ3v) is 6.65. The zero-order chi connectivity index (χ0) is 14.8. The molecule has 0 saturated heterocycles. The smallest absolute Gasteiger partial charge is 0.543 e. The van der Waals surface area contributed by atoms with E-state index in [0.717, 1.165) is 7.11 Å². The van der Waals surface area contributed by atoms with Crippen LogP contribution in [0.15, 0.2) is 0 Å². The van der Waals surface area contributed by atoms with Crippen LogP contribution in [0.4, 0.5) is 0 Å². The predicted molar refractivity (Wildman–Crippen MR) is 69.6 cm³/mol. The number of rotatable bonds is 8. The van der Waals surface area contributed by atoms with Gasteiger partial charge in [0, 0.05) is 7.11 Å². The van der Waals surface area contributed by atoms with Gasteiger partial charge in [-0.15, -0.1) is 0 Å². The minimum absolute atomic E-state index is 0.149. The summed E-state index contributed by atoms with van der Waals surface area (Å²) >= 11 is 0.149. The van der Waals surface area contributed by atoms with Crippen molar-refractivity contribution in [3.8, 4) is 0 Å². The first-order valence-corrected chi connectivity index (χ1v) is 11.9. The maximum absolute atomic E-state index is 9.24. The quantitative estimate of drug-likeness (QED) is 0.373. The van der Waals surface area contributed by atoms with Gasteiger partial charge in [0.05, 0.1) is 0 Å². The van der Waals surface area contributed by atoms with Crippen molar-refractivity contribution in [2.45, 2.75) is 48.4 Å². The largest absolute Gasteiger partial charge is 0.563 e. The van der Waals surface area contributed by atoms with Gasteiger partial charge in [-0.25, -0.2) is 0 Å². The van der Waals surface area contributed by atoms with E-state index in [4.69, 9.17) is 5.11 Å². The third kappa shape index (κ3) is 36.0. The summed E-state index contributed by atoms with van der Waals surface area (Å²) < 4.78 is 24.9. The van der Waals surface area contributed by atoms with Crippen LogP contribution in [0.3, 0.4) is 0 Å². The Balaban J connectivity index is -0.000000225. The summed E-state index contributed by atoms with van der Waals surface area (Å²) in [7, 11) is -5.47. The zero-order valence-electron chi connectivity index (χ0n) is 11.1. The van der Waals surface area contributed by atoms with Crippen LogP contribution < -0.4 is 9.79 Å². The van der Waals surface area contributed by atoms with Gasteiger partial charge >= 0.3 is 86.1 Å². The first kappa shape index (κ1) is 23.9. The van der Waals surface area contributed by atoms with Crippen molar-refractivity contribution < 1.29 is 28.3 Å². The van der Waals surface area contributed by atoms with E-state index in [-0.39, 0.29) is 21.1 Å². The first-order valence-electron chi connectivity index (χ1n) is 5.66. The van der Waals surface area contributed by atoms with Crippen LogP contribution in [0.5, 0.6) is 0 Å². The Morgan fingerprint density at radius 2 is 1.33 bits per heavy atom. The van der Waals surface area contributed by atoms with E-state index in [9.17, 15) is 18.9 Å². The van der Waals surface area contributed by atoms with Gasteiger partial charge in [0.1, 0.15) is 4.31 Å². The second-order valence-corrected chi connectivity index (χ2v) is 8.81. The van der Waals surface area contributed by atoms with Crippen LogP contribution in [0.2, 0.25) is 8.87 Å². The van der Waals surface area contributed by atoms with Gasteiger partial charge in [-0.2, -0.15) is 0 Å². The molecule has 2 atom stereocenters. The fourth-order valence-corrected chi connectivity index (χ4v) is 5.38. The van der Waals surface area contributed by atoms with Gasteiger partial charge in [0.2, 0.25) is 0 Å². The summed E-state index contributed by atoms with van der Waals surface area (Å²) in [5, 5.41) is 7.00. The molecule has 0 aliphatic carbocycles. The molecule has 0 aromatic carbocycles. The Morgan fingerprint density at radius 3 is 1.50 bits per heavy atom. The third-order valence-electron chi connectivity index (χ3n) is 1.55. The molecular weight excluding hydrogens is 385 g/mol. The molecule has 18 heavy (non-hydrogen) atoms. The average molecular weight is 407 g/mol. The zero-order valence-corrected chi connectivity index (χ0v) is 15.8. The monoisotopic (exact) mass is 408 g/mol. The molecule has 0 saturated carbocycles. The Morgan fingerprint density at radius 1 is 1.00 bits per heavy atom. The van der Waals surface area contributed by atoms with Crippen molar-refractivity contribution in [3.63, 3.8) is 0 Å². The van der Waals surface area contributed by atoms with Crippen molar-refractivity contribution in [1.29, 1.82) is 0 Å². The Labute approximate surface area is 121 Å².